The molecule has 0 saturated heterocycles. The predicted molar refractivity (Wildman–Crippen MR) is 121 cm³/mol. The van der Waals surface area contributed by atoms with E-state index in [1.165, 1.54) is 18.2 Å². The topological polar surface area (TPSA) is 37.4 Å². The van der Waals surface area contributed by atoms with E-state index in [0.29, 0.717) is 27.8 Å². The van der Waals surface area contributed by atoms with E-state index in [1.807, 2.05) is 0 Å². The first-order valence-corrected chi connectivity index (χ1v) is 10.6. The molecule has 1 atom stereocenters. The molecule has 33 heavy (non-hydrogen) atoms. The average Bonchev–Trinajstić information content (AvgIpc) is 3.01. The fraction of sp³-hybridized carbons (Fsp3) is 0.154. The zero-order chi connectivity index (χ0) is 23.8. The minimum absolute atomic E-state index is 0.0663. The molecule has 3 aromatic rings. The van der Waals surface area contributed by atoms with Crippen LogP contribution < -0.4 is 0 Å². The van der Waals surface area contributed by atoms with Crippen molar-refractivity contribution in [1.82, 2.24) is 4.90 Å². The minimum Gasteiger partial charge on any atom is -0.270 e. The molecule has 0 spiro atoms. The van der Waals surface area contributed by atoms with Gasteiger partial charge in [-0.1, -0.05) is 72.3 Å². The fourth-order valence-electron chi connectivity index (χ4n) is 3.72. The van der Waals surface area contributed by atoms with Gasteiger partial charge in [0.2, 0.25) is 0 Å². The Morgan fingerprint density at radius 1 is 0.939 bits per heavy atom. The van der Waals surface area contributed by atoms with Crippen molar-refractivity contribution in [3.05, 3.63) is 111 Å². The number of rotatable bonds is 5. The van der Waals surface area contributed by atoms with E-state index in [1.54, 1.807) is 61.5 Å². The van der Waals surface area contributed by atoms with Crippen molar-refractivity contribution in [2.45, 2.75) is 25.6 Å². The molecular weight excluding hydrogens is 451 g/mol. The third-order valence-electron chi connectivity index (χ3n) is 5.59. The molecule has 1 aliphatic heterocycles. The number of hydrogen-bond acceptors (Lipinski definition) is 2. The molecular formula is C26H19ClF3NO2. The lowest BCUT2D eigenvalue weighted by Crippen LogP contribution is -2.29. The van der Waals surface area contributed by atoms with Crippen molar-refractivity contribution < 1.29 is 22.8 Å². The molecule has 3 nitrogen and oxygen atoms in total. The number of halogens is 4. The Hall–Kier alpha value is -3.38. The highest BCUT2D eigenvalue weighted by Gasteiger charge is 2.39. The number of amides is 2. The van der Waals surface area contributed by atoms with E-state index in [4.69, 9.17) is 11.6 Å². The predicted octanol–water partition coefficient (Wildman–Crippen LogP) is 6.80. The molecule has 0 saturated carbocycles. The number of imide groups is 1. The van der Waals surface area contributed by atoms with Crippen molar-refractivity contribution in [3.63, 3.8) is 0 Å². The number of carbonyl (C=O) groups excluding carboxylic acids is 2. The highest BCUT2D eigenvalue weighted by atomic mass is 35.5. The Labute approximate surface area is 194 Å². The van der Waals surface area contributed by atoms with Gasteiger partial charge in [0.25, 0.3) is 11.8 Å². The molecule has 0 aliphatic carbocycles. The van der Waals surface area contributed by atoms with Crippen LogP contribution in [0.1, 0.15) is 48.9 Å². The molecule has 0 N–H and O–H groups in total. The van der Waals surface area contributed by atoms with E-state index in [2.05, 4.69) is 0 Å². The second kappa shape index (κ2) is 8.87. The van der Waals surface area contributed by atoms with Crippen LogP contribution in [0, 0.1) is 6.92 Å². The van der Waals surface area contributed by atoms with Crippen LogP contribution in [0.4, 0.5) is 13.2 Å². The van der Waals surface area contributed by atoms with E-state index >= 15 is 0 Å². The Bertz CT molecular complexity index is 1210. The molecule has 0 radical (unpaired) electrons. The normalized spacial score (nSPS) is 14.8. The summed E-state index contributed by atoms with van der Waals surface area (Å²) < 4.78 is 41.0. The highest BCUT2D eigenvalue weighted by molar-refractivity contribution is 6.31. The van der Waals surface area contributed by atoms with Crippen LogP contribution in [0.2, 0.25) is 5.02 Å². The van der Waals surface area contributed by atoms with Gasteiger partial charge in [-0.3, -0.25) is 14.5 Å². The molecule has 0 aromatic heterocycles. The van der Waals surface area contributed by atoms with Gasteiger partial charge in [0, 0.05) is 5.02 Å². The monoisotopic (exact) mass is 469 g/mol. The van der Waals surface area contributed by atoms with E-state index < -0.39 is 12.1 Å². The van der Waals surface area contributed by atoms with Crippen LogP contribution in [0.5, 0.6) is 0 Å². The number of alkyl halides is 3. The summed E-state index contributed by atoms with van der Waals surface area (Å²) in [6.45, 7) is 1.82. The smallest absolute Gasteiger partial charge is 0.270 e. The Kier molecular flexibility index (Phi) is 6.13. The van der Waals surface area contributed by atoms with Crippen LogP contribution in [-0.4, -0.2) is 22.9 Å². The van der Waals surface area contributed by atoms with Crippen LogP contribution in [0.25, 0.3) is 6.08 Å². The SMILES string of the molecule is Cc1ccc(C(/C=C/c2ccc(CN3C(=O)c4ccccc4C3=O)cc2)C(F)(F)F)cc1Cl. The molecule has 3 aromatic carbocycles. The molecule has 1 heterocycles. The summed E-state index contributed by atoms with van der Waals surface area (Å²) in [4.78, 5) is 26.2. The summed E-state index contributed by atoms with van der Waals surface area (Å²) >= 11 is 6.02. The lowest BCUT2D eigenvalue weighted by Gasteiger charge is -2.18. The molecule has 0 bridgehead atoms. The highest BCUT2D eigenvalue weighted by Crippen LogP contribution is 2.37. The van der Waals surface area contributed by atoms with Crippen molar-refractivity contribution in [2.75, 3.05) is 0 Å². The van der Waals surface area contributed by atoms with Gasteiger partial charge in [-0.05, 0) is 47.4 Å². The maximum Gasteiger partial charge on any atom is 0.399 e. The van der Waals surface area contributed by atoms with Gasteiger partial charge in [-0.25, -0.2) is 0 Å². The van der Waals surface area contributed by atoms with Crippen LogP contribution in [0.15, 0.2) is 72.8 Å². The van der Waals surface area contributed by atoms with E-state index in [0.717, 1.165) is 11.0 Å². The van der Waals surface area contributed by atoms with Gasteiger partial charge >= 0.3 is 6.18 Å². The van der Waals surface area contributed by atoms with Crippen LogP contribution in [-0.2, 0) is 6.54 Å². The molecule has 1 unspecified atom stereocenters. The molecule has 0 fully saturated rings. The number of hydrogen-bond donors (Lipinski definition) is 0. The van der Waals surface area contributed by atoms with Crippen molar-refractivity contribution in [1.29, 1.82) is 0 Å². The van der Waals surface area contributed by atoms with Crippen LogP contribution in [0.3, 0.4) is 0 Å². The zero-order valence-electron chi connectivity index (χ0n) is 17.6. The van der Waals surface area contributed by atoms with Crippen LogP contribution >= 0.6 is 11.6 Å². The summed E-state index contributed by atoms with van der Waals surface area (Å²) in [6, 6.07) is 17.6. The van der Waals surface area contributed by atoms with Gasteiger partial charge in [-0.2, -0.15) is 13.2 Å². The second-order valence-corrected chi connectivity index (χ2v) is 8.28. The number of benzene rings is 3. The molecule has 1 aliphatic rings. The zero-order valence-corrected chi connectivity index (χ0v) is 18.3. The number of fused-ring (bicyclic) bond motifs is 1. The Morgan fingerprint density at radius 2 is 1.55 bits per heavy atom. The van der Waals surface area contributed by atoms with Crippen molar-refractivity contribution in [2.24, 2.45) is 0 Å². The summed E-state index contributed by atoms with van der Waals surface area (Å²) in [5, 5.41) is 0.285. The van der Waals surface area contributed by atoms with Gasteiger partial charge < -0.3 is 0 Å². The number of carbonyl (C=O) groups is 2. The van der Waals surface area contributed by atoms with Crippen molar-refractivity contribution >= 4 is 29.5 Å². The van der Waals surface area contributed by atoms with Gasteiger partial charge in [0.15, 0.2) is 0 Å². The Balaban J connectivity index is 1.50. The summed E-state index contributed by atoms with van der Waals surface area (Å²) in [5.41, 5.74) is 2.77. The third-order valence-corrected chi connectivity index (χ3v) is 5.99. The maximum atomic E-state index is 13.7. The van der Waals surface area contributed by atoms with Gasteiger partial charge in [-0.15, -0.1) is 0 Å². The first-order valence-electron chi connectivity index (χ1n) is 10.2. The molecule has 2 amide bonds. The van der Waals surface area contributed by atoms with E-state index in [9.17, 15) is 22.8 Å². The fourth-order valence-corrected chi connectivity index (χ4v) is 3.91. The lowest BCUT2D eigenvalue weighted by molar-refractivity contribution is -0.139. The largest absolute Gasteiger partial charge is 0.399 e. The van der Waals surface area contributed by atoms with E-state index in [-0.39, 0.29) is 28.9 Å². The molecule has 7 heteroatoms. The van der Waals surface area contributed by atoms with Gasteiger partial charge in [0.1, 0.15) is 0 Å². The summed E-state index contributed by atoms with van der Waals surface area (Å²) in [5.74, 6) is -2.51. The third kappa shape index (κ3) is 4.71. The second-order valence-electron chi connectivity index (χ2n) is 7.87. The minimum atomic E-state index is -4.47. The number of nitrogens with zero attached hydrogens (tertiary/aromatic N) is 1. The summed E-state index contributed by atoms with van der Waals surface area (Å²) in [6.07, 6.45) is -1.97. The van der Waals surface area contributed by atoms with Gasteiger partial charge in [0.05, 0.1) is 23.6 Å². The first kappa shape index (κ1) is 22.8. The maximum absolute atomic E-state index is 13.7. The molecule has 168 valence electrons. The average molecular weight is 470 g/mol. The first-order chi connectivity index (χ1) is 15.6. The quantitative estimate of drug-likeness (QED) is 0.385. The molecule has 4 rings (SSSR count). The number of allylic oxidation sites excluding steroid dienone is 1. The standard InChI is InChI=1S/C26H19ClF3NO2/c1-16-6-12-19(14-23(16)27)22(26(28,29)30)13-11-17-7-9-18(10-8-17)15-31-24(32)20-4-2-3-5-21(20)25(31)33/h2-14,22H,15H2,1H3/b13-11+. The van der Waals surface area contributed by atoms with Crippen molar-refractivity contribution in [3.8, 4) is 0 Å². The Morgan fingerprint density at radius 3 is 2.09 bits per heavy atom. The lowest BCUT2D eigenvalue weighted by atomic mass is 9.96. The summed E-state index contributed by atoms with van der Waals surface area (Å²) in [7, 11) is 0. The number of aryl methyl sites for hydroxylation is 1.